The summed E-state index contributed by atoms with van der Waals surface area (Å²) in [4.78, 5) is 40.7. The van der Waals surface area contributed by atoms with Gasteiger partial charge in [-0.2, -0.15) is 0 Å². The molecule has 1 aliphatic carbocycles. The first-order chi connectivity index (χ1) is 23.0. The molecule has 3 N–H and O–H groups in total. The molecule has 3 aromatic carbocycles. The van der Waals surface area contributed by atoms with Gasteiger partial charge >= 0.3 is 12.1 Å². The van der Waals surface area contributed by atoms with Gasteiger partial charge in [0.15, 0.2) is 6.61 Å². The van der Waals surface area contributed by atoms with Gasteiger partial charge < -0.3 is 30.0 Å². The van der Waals surface area contributed by atoms with Crippen molar-refractivity contribution in [3.05, 3.63) is 102 Å². The number of carbonyl (C=O) groups is 3. The van der Waals surface area contributed by atoms with Crippen LogP contribution in [0.2, 0.25) is 0 Å². The fourth-order valence-corrected chi connectivity index (χ4v) is 6.09. The maximum Gasteiger partial charge on any atom is 0.407 e. The van der Waals surface area contributed by atoms with Gasteiger partial charge in [-0.15, -0.1) is 0 Å². The Morgan fingerprint density at radius 1 is 0.833 bits per heavy atom. The van der Waals surface area contributed by atoms with Crippen LogP contribution in [0, 0.1) is 5.92 Å². The number of rotatable bonds is 12. The summed E-state index contributed by atoms with van der Waals surface area (Å²) in [6.45, 7) is 8.11. The highest BCUT2D eigenvalue weighted by Crippen LogP contribution is 2.34. The molecule has 1 heterocycles. The average molecular weight is 658 g/mol. The topological polar surface area (TPSA) is 126 Å². The summed E-state index contributed by atoms with van der Waals surface area (Å²) in [6.07, 6.45) is 2.52. The number of likely N-dealkylation sites (tertiary alicyclic amines) is 1. The van der Waals surface area contributed by atoms with Crippen molar-refractivity contribution in [2.75, 3.05) is 26.3 Å². The van der Waals surface area contributed by atoms with Gasteiger partial charge in [-0.1, -0.05) is 72.8 Å². The van der Waals surface area contributed by atoms with Crippen LogP contribution in [0.1, 0.15) is 63.1 Å². The molecule has 0 bridgehead atoms. The van der Waals surface area contributed by atoms with Gasteiger partial charge in [0.1, 0.15) is 11.4 Å². The largest absolute Gasteiger partial charge is 0.484 e. The maximum atomic E-state index is 13.7. The van der Waals surface area contributed by atoms with E-state index in [0.29, 0.717) is 24.2 Å². The van der Waals surface area contributed by atoms with Gasteiger partial charge in [-0.3, -0.25) is 9.69 Å². The lowest BCUT2D eigenvalue weighted by atomic mass is 9.86. The lowest BCUT2D eigenvalue weighted by Gasteiger charge is -2.36. The summed E-state index contributed by atoms with van der Waals surface area (Å²) in [6, 6.07) is 25.5. The third-order valence-corrected chi connectivity index (χ3v) is 8.74. The lowest BCUT2D eigenvalue weighted by molar-refractivity contribution is -0.164. The van der Waals surface area contributed by atoms with Crippen LogP contribution < -0.4 is 15.4 Å². The van der Waals surface area contributed by atoms with Crippen LogP contribution in [-0.2, 0) is 31.2 Å². The van der Waals surface area contributed by atoms with Crippen molar-refractivity contribution < 1.29 is 33.7 Å². The van der Waals surface area contributed by atoms with E-state index in [9.17, 15) is 19.5 Å². The number of carbonyl (C=O) groups excluding carboxylic acids is 3. The van der Waals surface area contributed by atoms with Gasteiger partial charge in [-0.25, -0.2) is 9.59 Å². The van der Waals surface area contributed by atoms with Crippen LogP contribution in [0.4, 0.5) is 4.79 Å². The van der Waals surface area contributed by atoms with Gasteiger partial charge in [0.05, 0.1) is 6.61 Å². The van der Waals surface area contributed by atoms with Crippen molar-refractivity contribution in [1.82, 2.24) is 15.5 Å². The molecule has 0 spiro atoms. The Morgan fingerprint density at radius 2 is 1.46 bits per heavy atom. The number of aliphatic hydroxyl groups is 1. The number of hydrogen-bond donors (Lipinski definition) is 3. The number of alkyl carbamates (subject to hydrolysis) is 1. The monoisotopic (exact) mass is 657 g/mol. The molecular weight excluding hydrogens is 610 g/mol. The molecule has 10 heteroatoms. The van der Waals surface area contributed by atoms with Crippen molar-refractivity contribution in [1.29, 1.82) is 0 Å². The summed E-state index contributed by atoms with van der Waals surface area (Å²) in [5.41, 5.74) is -0.706. The number of esters is 1. The van der Waals surface area contributed by atoms with Gasteiger partial charge in [0, 0.05) is 24.2 Å². The second-order valence-corrected chi connectivity index (χ2v) is 13.8. The molecule has 5 rings (SSSR count). The number of ether oxygens (including phenoxy) is 3. The van der Waals surface area contributed by atoms with E-state index in [0.717, 1.165) is 32.5 Å². The minimum Gasteiger partial charge on any atom is -0.484 e. The van der Waals surface area contributed by atoms with E-state index in [-0.39, 0.29) is 42.7 Å². The van der Waals surface area contributed by atoms with Crippen molar-refractivity contribution in [3.8, 4) is 5.75 Å². The van der Waals surface area contributed by atoms with Gasteiger partial charge in [0.2, 0.25) is 5.60 Å². The number of benzene rings is 3. The Labute approximate surface area is 282 Å². The van der Waals surface area contributed by atoms with Crippen LogP contribution in [0.5, 0.6) is 5.75 Å². The van der Waals surface area contributed by atoms with Crippen LogP contribution in [-0.4, -0.2) is 72.0 Å². The number of piperidine rings is 1. The quantitative estimate of drug-likeness (QED) is 0.234. The van der Waals surface area contributed by atoms with Gasteiger partial charge in [0.25, 0.3) is 5.91 Å². The van der Waals surface area contributed by atoms with Crippen molar-refractivity contribution in [2.24, 2.45) is 5.92 Å². The molecule has 0 radical (unpaired) electrons. The van der Waals surface area contributed by atoms with Crippen molar-refractivity contribution in [3.63, 3.8) is 0 Å². The molecule has 2 fully saturated rings. The van der Waals surface area contributed by atoms with Crippen LogP contribution >= 0.6 is 0 Å². The molecule has 10 nitrogen and oxygen atoms in total. The first kappa shape index (κ1) is 34.9. The summed E-state index contributed by atoms with van der Waals surface area (Å²) in [7, 11) is 0. The standard InChI is InChI=1S/C38H47N3O7/c1-37(2,3)48-36(44)40-32-22-31(23-32)39-34(42)26-46-33-16-10-15-30(21-33)38(45,29-13-8-5-9-14-29)35(43)47-25-28-17-19-41(20-18-28)24-27-11-6-4-7-12-27/h4-16,21,28,31-32,45H,17-20,22-26H2,1-3H3,(H,39,42)(H,40,44)/t31-,32-,38-/m0/s1. The van der Waals surface area contributed by atoms with Crippen molar-refractivity contribution >= 4 is 18.0 Å². The summed E-state index contributed by atoms with van der Waals surface area (Å²) < 4.78 is 16.9. The molecule has 1 saturated carbocycles. The highest BCUT2D eigenvalue weighted by atomic mass is 16.6. The van der Waals surface area contributed by atoms with Crippen LogP contribution in [0.3, 0.4) is 0 Å². The Morgan fingerprint density at radius 3 is 2.12 bits per heavy atom. The molecular formula is C38H47N3O7. The Hall–Kier alpha value is -4.41. The zero-order chi connectivity index (χ0) is 34.1. The normalized spacial score (nSPS) is 19.7. The molecule has 1 aliphatic heterocycles. The van der Waals surface area contributed by atoms with Crippen LogP contribution in [0.15, 0.2) is 84.9 Å². The van der Waals surface area contributed by atoms with E-state index in [1.807, 2.05) is 12.1 Å². The smallest absolute Gasteiger partial charge is 0.407 e. The van der Waals surface area contributed by atoms with Crippen LogP contribution in [0.25, 0.3) is 0 Å². The molecule has 2 amide bonds. The molecule has 256 valence electrons. The Balaban J connectivity index is 1.13. The Bertz CT molecular complexity index is 1510. The fourth-order valence-electron chi connectivity index (χ4n) is 6.09. The fraction of sp³-hybridized carbons (Fsp3) is 0.447. The average Bonchev–Trinajstić information content (AvgIpc) is 3.05. The summed E-state index contributed by atoms with van der Waals surface area (Å²) >= 11 is 0. The zero-order valence-electron chi connectivity index (χ0n) is 28.0. The maximum absolute atomic E-state index is 13.7. The summed E-state index contributed by atoms with van der Waals surface area (Å²) in [5.74, 6) is -0.537. The molecule has 2 aliphatic rings. The molecule has 3 aromatic rings. The highest BCUT2D eigenvalue weighted by molar-refractivity contribution is 5.85. The van der Waals surface area contributed by atoms with E-state index >= 15 is 0 Å². The predicted octanol–water partition coefficient (Wildman–Crippen LogP) is 4.93. The second kappa shape index (κ2) is 15.7. The van der Waals surface area contributed by atoms with Gasteiger partial charge in [-0.05, 0) is 88.7 Å². The molecule has 1 atom stereocenters. The van der Waals surface area contributed by atoms with E-state index in [1.54, 1.807) is 69.3 Å². The van der Waals surface area contributed by atoms with E-state index in [4.69, 9.17) is 14.2 Å². The minimum absolute atomic E-state index is 0.0642. The number of hydrogen-bond acceptors (Lipinski definition) is 8. The Kier molecular flexibility index (Phi) is 11.4. The zero-order valence-corrected chi connectivity index (χ0v) is 28.0. The van der Waals surface area contributed by atoms with E-state index in [1.165, 1.54) is 5.56 Å². The van der Waals surface area contributed by atoms with E-state index < -0.39 is 23.3 Å². The predicted molar refractivity (Wildman–Crippen MR) is 181 cm³/mol. The van der Waals surface area contributed by atoms with E-state index in [2.05, 4.69) is 39.8 Å². The third kappa shape index (κ3) is 9.58. The second-order valence-electron chi connectivity index (χ2n) is 13.8. The first-order valence-electron chi connectivity index (χ1n) is 16.7. The van der Waals surface area contributed by atoms with Crippen molar-refractivity contribution in [2.45, 2.75) is 76.3 Å². The third-order valence-electron chi connectivity index (χ3n) is 8.74. The summed E-state index contributed by atoms with van der Waals surface area (Å²) in [5, 5.41) is 17.7. The molecule has 48 heavy (non-hydrogen) atoms. The molecule has 0 unspecified atom stereocenters. The highest BCUT2D eigenvalue weighted by Gasteiger charge is 2.42. The minimum atomic E-state index is -2.07. The molecule has 0 aromatic heterocycles. The molecule has 1 saturated heterocycles. The lowest BCUT2D eigenvalue weighted by Crippen LogP contribution is -2.55. The number of amides is 2. The number of nitrogens with zero attached hydrogens (tertiary/aromatic N) is 1. The SMILES string of the molecule is CC(C)(C)OC(=O)N[C@H]1C[C@H](NC(=O)COc2cccc([C@](O)(C(=O)OCC3CCN(Cc4ccccc4)CC3)c3ccccc3)c2)C1. The first-order valence-corrected chi connectivity index (χ1v) is 16.7. The number of nitrogens with one attached hydrogen (secondary N) is 2.